The zero-order chi connectivity index (χ0) is 17.5. The standard InChI is InChI=1S/C18H26FN3O2/c1-21(2)18(24)20-12-17(23)22-11-3-4-15(13-22)6-5-14-7-9-16(19)10-8-14/h7-10,15H,3-6,11-13H2,1-2H3,(H,20,24)/t15-/m1/s1. The van der Waals surface area contributed by atoms with Crippen molar-refractivity contribution in [1.29, 1.82) is 0 Å². The number of hydrogen-bond donors (Lipinski definition) is 1. The van der Waals surface area contributed by atoms with Gasteiger partial charge in [0.1, 0.15) is 5.82 Å². The fourth-order valence-corrected chi connectivity index (χ4v) is 2.97. The molecule has 1 heterocycles. The molecule has 1 saturated heterocycles. The molecule has 5 nitrogen and oxygen atoms in total. The Morgan fingerprint density at radius 3 is 2.67 bits per heavy atom. The molecule has 0 spiro atoms. The number of carbonyl (C=O) groups is 2. The Balaban J connectivity index is 1.77. The van der Waals surface area contributed by atoms with Crippen LogP contribution in [0.1, 0.15) is 24.8 Å². The number of nitrogens with zero attached hydrogens (tertiary/aromatic N) is 2. The molecule has 3 amide bonds. The highest BCUT2D eigenvalue weighted by Gasteiger charge is 2.23. The van der Waals surface area contributed by atoms with Crippen LogP contribution < -0.4 is 5.32 Å². The normalized spacial score (nSPS) is 17.5. The fraction of sp³-hybridized carbons (Fsp3) is 0.556. The maximum atomic E-state index is 12.9. The summed E-state index contributed by atoms with van der Waals surface area (Å²) < 4.78 is 12.9. The van der Waals surface area contributed by atoms with E-state index in [4.69, 9.17) is 0 Å². The van der Waals surface area contributed by atoms with E-state index in [1.807, 2.05) is 17.0 Å². The molecule has 0 radical (unpaired) electrons. The fourth-order valence-electron chi connectivity index (χ4n) is 2.97. The van der Waals surface area contributed by atoms with E-state index in [0.29, 0.717) is 5.92 Å². The maximum Gasteiger partial charge on any atom is 0.317 e. The van der Waals surface area contributed by atoms with Gasteiger partial charge in [0.2, 0.25) is 5.91 Å². The van der Waals surface area contributed by atoms with Gasteiger partial charge in [0.25, 0.3) is 0 Å². The van der Waals surface area contributed by atoms with Gasteiger partial charge in [0, 0.05) is 27.2 Å². The Bertz CT molecular complexity index is 560. The van der Waals surface area contributed by atoms with Crippen LogP contribution in [0.3, 0.4) is 0 Å². The third kappa shape index (κ3) is 5.51. The molecular weight excluding hydrogens is 309 g/mol. The zero-order valence-corrected chi connectivity index (χ0v) is 14.4. The van der Waals surface area contributed by atoms with Crippen molar-refractivity contribution in [2.75, 3.05) is 33.7 Å². The summed E-state index contributed by atoms with van der Waals surface area (Å²) in [5.74, 6) is 0.210. The molecule has 1 aromatic carbocycles. The van der Waals surface area contributed by atoms with Crippen LogP contribution >= 0.6 is 0 Å². The van der Waals surface area contributed by atoms with Crippen molar-refractivity contribution < 1.29 is 14.0 Å². The number of rotatable bonds is 5. The van der Waals surface area contributed by atoms with Gasteiger partial charge >= 0.3 is 6.03 Å². The molecule has 1 atom stereocenters. The third-order valence-electron chi connectivity index (χ3n) is 4.42. The van der Waals surface area contributed by atoms with Gasteiger partial charge in [0.15, 0.2) is 0 Å². The summed E-state index contributed by atoms with van der Waals surface area (Å²) in [6.07, 6.45) is 3.97. The number of nitrogens with one attached hydrogen (secondary N) is 1. The van der Waals surface area contributed by atoms with Crippen molar-refractivity contribution in [1.82, 2.24) is 15.1 Å². The Morgan fingerprint density at radius 1 is 1.29 bits per heavy atom. The average molecular weight is 335 g/mol. The Morgan fingerprint density at radius 2 is 2.00 bits per heavy atom. The van der Waals surface area contributed by atoms with Crippen molar-refractivity contribution in [2.24, 2.45) is 5.92 Å². The summed E-state index contributed by atoms with van der Waals surface area (Å²) in [7, 11) is 3.29. The minimum absolute atomic E-state index is 0.0308. The first-order valence-electron chi connectivity index (χ1n) is 8.43. The molecule has 0 bridgehead atoms. The highest BCUT2D eigenvalue weighted by Crippen LogP contribution is 2.21. The minimum Gasteiger partial charge on any atom is -0.341 e. The SMILES string of the molecule is CN(C)C(=O)NCC(=O)N1CCC[C@H](CCc2ccc(F)cc2)C1. The molecule has 1 N–H and O–H groups in total. The summed E-state index contributed by atoms with van der Waals surface area (Å²) in [5.41, 5.74) is 1.12. The number of carbonyl (C=O) groups excluding carboxylic acids is 2. The lowest BCUT2D eigenvalue weighted by molar-refractivity contribution is -0.131. The highest BCUT2D eigenvalue weighted by molar-refractivity contribution is 5.83. The predicted octanol–water partition coefficient (Wildman–Crippen LogP) is 2.27. The lowest BCUT2D eigenvalue weighted by Gasteiger charge is -2.33. The molecule has 24 heavy (non-hydrogen) atoms. The average Bonchev–Trinajstić information content (AvgIpc) is 2.59. The van der Waals surface area contributed by atoms with Crippen LogP contribution in [0.2, 0.25) is 0 Å². The quantitative estimate of drug-likeness (QED) is 0.897. The minimum atomic E-state index is -0.256. The molecule has 1 aliphatic heterocycles. The van der Waals surface area contributed by atoms with Crippen LogP contribution in [0.4, 0.5) is 9.18 Å². The predicted molar refractivity (Wildman–Crippen MR) is 91.1 cm³/mol. The molecule has 0 saturated carbocycles. The van der Waals surface area contributed by atoms with Gasteiger partial charge in [-0.3, -0.25) is 4.79 Å². The second-order valence-electron chi connectivity index (χ2n) is 6.57. The summed E-state index contributed by atoms with van der Waals surface area (Å²) in [6, 6.07) is 6.35. The van der Waals surface area contributed by atoms with Crippen LogP contribution in [0.15, 0.2) is 24.3 Å². The summed E-state index contributed by atoms with van der Waals surface area (Å²) in [5, 5.41) is 2.62. The monoisotopic (exact) mass is 335 g/mol. The van der Waals surface area contributed by atoms with E-state index in [1.165, 1.54) is 17.0 Å². The van der Waals surface area contributed by atoms with Gasteiger partial charge in [-0.1, -0.05) is 12.1 Å². The van der Waals surface area contributed by atoms with E-state index in [-0.39, 0.29) is 24.3 Å². The van der Waals surface area contributed by atoms with Crippen LogP contribution in [0, 0.1) is 11.7 Å². The molecule has 0 aromatic heterocycles. The second-order valence-corrected chi connectivity index (χ2v) is 6.57. The van der Waals surface area contributed by atoms with E-state index in [2.05, 4.69) is 5.32 Å². The van der Waals surface area contributed by atoms with E-state index < -0.39 is 0 Å². The van der Waals surface area contributed by atoms with Crippen molar-refractivity contribution in [3.05, 3.63) is 35.6 Å². The number of piperidine rings is 1. The third-order valence-corrected chi connectivity index (χ3v) is 4.42. The van der Waals surface area contributed by atoms with Gasteiger partial charge < -0.3 is 15.1 Å². The molecule has 6 heteroatoms. The Labute approximate surface area is 142 Å². The van der Waals surface area contributed by atoms with Gasteiger partial charge in [-0.15, -0.1) is 0 Å². The van der Waals surface area contributed by atoms with Crippen molar-refractivity contribution in [3.63, 3.8) is 0 Å². The number of aryl methyl sites for hydroxylation is 1. The number of amides is 3. The van der Waals surface area contributed by atoms with E-state index >= 15 is 0 Å². The summed E-state index contributed by atoms with van der Waals surface area (Å²) in [6.45, 7) is 1.53. The summed E-state index contributed by atoms with van der Waals surface area (Å²) in [4.78, 5) is 27.0. The van der Waals surface area contributed by atoms with E-state index in [1.54, 1.807) is 14.1 Å². The van der Waals surface area contributed by atoms with Crippen LogP contribution in [-0.2, 0) is 11.2 Å². The van der Waals surface area contributed by atoms with Crippen molar-refractivity contribution in [3.8, 4) is 0 Å². The van der Waals surface area contributed by atoms with Gasteiger partial charge in [0.05, 0.1) is 6.54 Å². The first kappa shape index (κ1) is 18.2. The molecule has 1 fully saturated rings. The molecule has 132 valence electrons. The zero-order valence-electron chi connectivity index (χ0n) is 14.4. The highest BCUT2D eigenvalue weighted by atomic mass is 19.1. The summed E-state index contributed by atoms with van der Waals surface area (Å²) >= 11 is 0. The topological polar surface area (TPSA) is 52.7 Å². The smallest absolute Gasteiger partial charge is 0.317 e. The number of urea groups is 1. The van der Waals surface area contributed by atoms with Gasteiger partial charge in [-0.2, -0.15) is 0 Å². The first-order chi connectivity index (χ1) is 11.5. The largest absolute Gasteiger partial charge is 0.341 e. The molecule has 1 aliphatic rings. The number of likely N-dealkylation sites (tertiary alicyclic amines) is 1. The Hall–Kier alpha value is -2.11. The Kier molecular flexibility index (Phi) is 6.58. The van der Waals surface area contributed by atoms with Crippen LogP contribution in [0.25, 0.3) is 0 Å². The number of hydrogen-bond acceptors (Lipinski definition) is 2. The molecule has 0 unspecified atom stereocenters. The molecule has 0 aliphatic carbocycles. The van der Waals surface area contributed by atoms with Crippen molar-refractivity contribution >= 4 is 11.9 Å². The van der Waals surface area contributed by atoms with Crippen LogP contribution in [-0.4, -0.2) is 55.5 Å². The molecule has 1 aromatic rings. The lowest BCUT2D eigenvalue weighted by Crippen LogP contribution is -2.46. The van der Waals surface area contributed by atoms with Gasteiger partial charge in [-0.25, -0.2) is 9.18 Å². The van der Waals surface area contributed by atoms with E-state index in [9.17, 15) is 14.0 Å². The van der Waals surface area contributed by atoms with Gasteiger partial charge in [-0.05, 0) is 49.3 Å². The molecular formula is C18H26FN3O2. The van der Waals surface area contributed by atoms with Crippen LogP contribution in [0.5, 0.6) is 0 Å². The second kappa shape index (κ2) is 8.66. The molecule has 2 rings (SSSR count). The number of halogens is 1. The van der Waals surface area contributed by atoms with E-state index in [0.717, 1.165) is 44.3 Å². The van der Waals surface area contributed by atoms with Crippen molar-refractivity contribution in [2.45, 2.75) is 25.7 Å². The maximum absolute atomic E-state index is 12.9. The lowest BCUT2D eigenvalue weighted by atomic mass is 9.91. The number of benzene rings is 1. The first-order valence-corrected chi connectivity index (χ1v) is 8.43.